The van der Waals surface area contributed by atoms with Gasteiger partial charge < -0.3 is 24.7 Å². The van der Waals surface area contributed by atoms with Gasteiger partial charge in [0.25, 0.3) is 5.56 Å². The van der Waals surface area contributed by atoms with Gasteiger partial charge in [-0.1, -0.05) is 0 Å². The maximum Gasteiger partial charge on any atom is 0.469 e. The highest BCUT2D eigenvalue weighted by atomic mass is 31.2. The van der Waals surface area contributed by atoms with Gasteiger partial charge in [0.05, 0.1) is 31.0 Å². The van der Waals surface area contributed by atoms with E-state index in [0.29, 0.717) is 21.8 Å². The van der Waals surface area contributed by atoms with Gasteiger partial charge in [-0.15, -0.1) is 0 Å². The molecule has 15 heteroatoms. The molecule has 31 heavy (non-hydrogen) atoms. The topological polar surface area (TPSA) is 201 Å². The Kier molecular flexibility index (Phi) is 5.36. The number of nitrogens with one attached hydrogen (secondary N) is 2. The molecule has 168 valence electrons. The van der Waals surface area contributed by atoms with E-state index in [9.17, 15) is 19.6 Å². The van der Waals surface area contributed by atoms with Gasteiger partial charge in [-0.3, -0.25) is 19.6 Å². The average molecular weight is 457 g/mol. The van der Waals surface area contributed by atoms with Crippen molar-refractivity contribution in [2.24, 2.45) is 0 Å². The van der Waals surface area contributed by atoms with E-state index in [1.165, 1.54) is 31.1 Å². The van der Waals surface area contributed by atoms with E-state index in [1.807, 2.05) is 0 Å². The van der Waals surface area contributed by atoms with Crippen LogP contribution in [0.5, 0.6) is 0 Å². The zero-order valence-electron chi connectivity index (χ0n) is 16.3. The monoisotopic (exact) mass is 457 g/mol. The van der Waals surface area contributed by atoms with Crippen molar-refractivity contribution in [1.29, 1.82) is 0 Å². The predicted octanol–water partition coefficient (Wildman–Crippen LogP) is -0.635. The second kappa shape index (κ2) is 7.62. The van der Waals surface area contributed by atoms with Crippen molar-refractivity contribution < 1.29 is 38.7 Å². The summed E-state index contributed by atoms with van der Waals surface area (Å²) in [5, 5.41) is 33.2. The normalized spacial score (nSPS) is 26.7. The van der Waals surface area contributed by atoms with Crippen LogP contribution in [0.15, 0.2) is 23.3 Å². The number of aliphatic hydroxyl groups is 2. The number of ether oxygens (including phenoxy) is 1. The van der Waals surface area contributed by atoms with Crippen molar-refractivity contribution in [3.05, 3.63) is 28.8 Å². The maximum absolute atomic E-state index is 12.3. The summed E-state index contributed by atoms with van der Waals surface area (Å²) in [7, 11) is -3.41. The molecule has 2 aromatic heterocycles. The Bertz CT molecular complexity index is 1240. The van der Waals surface area contributed by atoms with Crippen LogP contribution in [-0.2, 0) is 18.7 Å². The molecule has 6 N–H and O–H groups in total. The number of aromatic nitrogens is 4. The van der Waals surface area contributed by atoms with E-state index < -0.39 is 44.0 Å². The number of phosphoric ester groups is 1. The molecule has 1 fully saturated rings. The SMILES string of the molecule is CONc1cc2c(=O)[nH]ncc3nn([C@@H]4O[C@H](COP(=O)(O)O)[C@@H](O)[C@@]4(C)O)cc1c32. The molecule has 0 saturated carbocycles. The summed E-state index contributed by atoms with van der Waals surface area (Å²) in [4.78, 5) is 35.1. The lowest BCUT2D eigenvalue weighted by Crippen LogP contribution is -2.44. The van der Waals surface area contributed by atoms with Crippen LogP contribution in [0.1, 0.15) is 13.2 Å². The van der Waals surface area contributed by atoms with E-state index in [2.05, 4.69) is 25.3 Å². The predicted molar refractivity (Wildman–Crippen MR) is 105 cm³/mol. The number of aliphatic hydroxyl groups excluding tert-OH is 1. The average Bonchev–Trinajstić information content (AvgIpc) is 3.09. The van der Waals surface area contributed by atoms with Crippen LogP contribution >= 0.6 is 7.82 Å². The van der Waals surface area contributed by atoms with Crippen LogP contribution in [-0.4, -0.2) is 71.5 Å². The molecule has 0 spiro atoms. The third-order valence-corrected chi connectivity index (χ3v) is 5.56. The second-order valence-corrected chi connectivity index (χ2v) is 8.48. The molecule has 0 aliphatic carbocycles. The van der Waals surface area contributed by atoms with Gasteiger partial charge in [-0.05, 0) is 13.0 Å². The van der Waals surface area contributed by atoms with Crippen molar-refractivity contribution >= 4 is 35.2 Å². The first kappa shape index (κ1) is 21.8. The fourth-order valence-electron chi connectivity index (χ4n) is 3.65. The second-order valence-electron chi connectivity index (χ2n) is 7.24. The molecular formula is C16H20N5O9P. The first-order chi connectivity index (χ1) is 14.5. The van der Waals surface area contributed by atoms with E-state index in [-0.39, 0.29) is 5.52 Å². The van der Waals surface area contributed by atoms with Gasteiger partial charge in [-0.25, -0.2) is 14.3 Å². The van der Waals surface area contributed by atoms with Crippen molar-refractivity contribution in [2.45, 2.75) is 31.0 Å². The molecular weight excluding hydrogens is 437 g/mol. The largest absolute Gasteiger partial charge is 0.469 e. The van der Waals surface area contributed by atoms with Gasteiger partial charge in [0.1, 0.15) is 23.3 Å². The Morgan fingerprint density at radius 3 is 2.84 bits per heavy atom. The van der Waals surface area contributed by atoms with Crippen molar-refractivity contribution in [2.75, 3.05) is 19.2 Å². The van der Waals surface area contributed by atoms with Crippen LogP contribution < -0.4 is 11.0 Å². The minimum atomic E-state index is -4.81. The highest BCUT2D eigenvalue weighted by molar-refractivity contribution is 7.46. The Morgan fingerprint density at radius 2 is 2.16 bits per heavy atom. The van der Waals surface area contributed by atoms with Crippen LogP contribution in [0.25, 0.3) is 21.7 Å². The van der Waals surface area contributed by atoms with Crippen molar-refractivity contribution in [1.82, 2.24) is 20.0 Å². The number of hydrogen-bond acceptors (Lipinski definition) is 10. The number of rotatable bonds is 6. The number of nitrogens with zero attached hydrogens (tertiary/aromatic N) is 3. The van der Waals surface area contributed by atoms with Crippen LogP contribution in [0, 0.1) is 0 Å². The number of phosphoric acid groups is 1. The zero-order valence-corrected chi connectivity index (χ0v) is 17.2. The summed E-state index contributed by atoms with van der Waals surface area (Å²) in [5.74, 6) is 0. The lowest BCUT2D eigenvalue weighted by molar-refractivity contribution is -0.102. The number of anilines is 1. The summed E-state index contributed by atoms with van der Waals surface area (Å²) in [6.07, 6.45) is -1.26. The first-order valence-electron chi connectivity index (χ1n) is 8.97. The Balaban J connectivity index is 1.82. The van der Waals surface area contributed by atoms with Crippen molar-refractivity contribution in [3.63, 3.8) is 0 Å². The molecule has 1 aliphatic heterocycles. The van der Waals surface area contributed by atoms with Crippen LogP contribution in [0.4, 0.5) is 5.69 Å². The molecule has 4 atom stereocenters. The van der Waals surface area contributed by atoms with E-state index >= 15 is 0 Å². The highest BCUT2D eigenvalue weighted by Crippen LogP contribution is 2.42. The summed E-state index contributed by atoms with van der Waals surface area (Å²) in [6.45, 7) is 0.630. The number of H-pyrrole nitrogens is 1. The minimum Gasteiger partial charge on any atom is -0.387 e. The number of hydrogen-bond donors (Lipinski definition) is 6. The first-order valence-corrected chi connectivity index (χ1v) is 10.5. The summed E-state index contributed by atoms with van der Waals surface area (Å²) in [6, 6.07) is 1.55. The zero-order chi connectivity index (χ0) is 22.6. The van der Waals surface area contributed by atoms with Crippen LogP contribution in [0.3, 0.4) is 0 Å². The third-order valence-electron chi connectivity index (χ3n) is 5.07. The van der Waals surface area contributed by atoms with E-state index in [0.717, 1.165) is 0 Å². The van der Waals surface area contributed by atoms with Crippen molar-refractivity contribution in [3.8, 4) is 0 Å². The lowest BCUT2D eigenvalue weighted by Gasteiger charge is -2.27. The lowest BCUT2D eigenvalue weighted by atomic mass is 9.97. The number of aromatic amines is 1. The molecule has 0 radical (unpaired) electrons. The van der Waals surface area contributed by atoms with Gasteiger partial charge in [0, 0.05) is 17.0 Å². The van der Waals surface area contributed by atoms with Gasteiger partial charge in [0.2, 0.25) is 0 Å². The van der Waals surface area contributed by atoms with E-state index in [1.54, 1.807) is 6.07 Å². The molecule has 0 bridgehead atoms. The standard InChI is InChI=1S/C16H20N5O9P/c1-16(24)13(22)11(6-29-31(25,26)27)30-15(16)21-5-8-9(20-28-2)3-7-12(8)10(19-21)4-17-18-14(7)23/h3-5,11,13,15,20,22,24H,6H2,1-2H3,(H,18,23)(H2,25,26,27)/t11-,13-,15-,16-/m1/s1. The highest BCUT2D eigenvalue weighted by Gasteiger charge is 2.53. The quantitative estimate of drug-likeness (QED) is 0.202. The fourth-order valence-corrected chi connectivity index (χ4v) is 3.99. The Hall–Kier alpha value is -2.42. The summed E-state index contributed by atoms with van der Waals surface area (Å²) < 4.78 is 22.3. The molecule has 1 aromatic carbocycles. The molecule has 14 nitrogen and oxygen atoms in total. The van der Waals surface area contributed by atoms with Crippen LogP contribution in [0.2, 0.25) is 0 Å². The van der Waals surface area contributed by atoms with Gasteiger partial charge in [0.15, 0.2) is 6.23 Å². The minimum absolute atomic E-state index is 0.277. The fraction of sp³-hybridized carbons (Fsp3) is 0.438. The molecule has 1 saturated heterocycles. The van der Waals surface area contributed by atoms with Gasteiger partial charge >= 0.3 is 7.82 Å². The smallest absolute Gasteiger partial charge is 0.387 e. The summed E-state index contributed by atoms with van der Waals surface area (Å²) >= 11 is 0. The Labute approximate surface area is 173 Å². The Morgan fingerprint density at radius 1 is 1.42 bits per heavy atom. The summed E-state index contributed by atoms with van der Waals surface area (Å²) in [5.41, 5.74) is 1.04. The maximum atomic E-state index is 12.3. The third kappa shape index (κ3) is 3.84. The molecule has 4 rings (SSSR count). The molecule has 0 amide bonds. The van der Waals surface area contributed by atoms with Gasteiger partial charge in [-0.2, -0.15) is 10.2 Å². The molecule has 3 aromatic rings. The van der Waals surface area contributed by atoms with E-state index in [4.69, 9.17) is 19.4 Å². The molecule has 1 aliphatic rings. The molecule has 0 unspecified atom stereocenters. The molecule has 3 heterocycles.